The van der Waals surface area contributed by atoms with E-state index in [1.54, 1.807) is 18.2 Å². The highest BCUT2D eigenvalue weighted by atomic mass is 35.5. The first-order chi connectivity index (χ1) is 11.3. The highest BCUT2D eigenvalue weighted by Crippen LogP contribution is 2.36. The van der Waals surface area contributed by atoms with Crippen LogP contribution in [0.4, 0.5) is 18.9 Å². The predicted molar refractivity (Wildman–Crippen MR) is 86.2 cm³/mol. The zero-order valence-corrected chi connectivity index (χ0v) is 12.8. The Morgan fingerprint density at radius 1 is 1.04 bits per heavy atom. The Hall–Kier alpha value is -2.60. The van der Waals surface area contributed by atoms with Crippen LogP contribution in [0.2, 0.25) is 5.02 Å². The second kappa shape index (κ2) is 6.13. The van der Waals surface area contributed by atoms with Gasteiger partial charge in [-0.05, 0) is 30.3 Å². The number of fused-ring (bicyclic) bond motifs is 1. The highest BCUT2D eigenvalue weighted by molar-refractivity contribution is 6.31. The quantitative estimate of drug-likeness (QED) is 0.693. The smallest absolute Gasteiger partial charge is 0.321 e. The number of alkyl halides is 3. The van der Waals surface area contributed by atoms with Crippen molar-refractivity contribution in [2.24, 2.45) is 0 Å². The molecule has 0 fully saturated rings. The lowest BCUT2D eigenvalue weighted by Crippen LogP contribution is -2.14. The minimum atomic E-state index is -4.60. The van der Waals surface area contributed by atoms with E-state index in [4.69, 9.17) is 11.6 Å². The van der Waals surface area contributed by atoms with Crippen LogP contribution in [0.25, 0.3) is 10.9 Å². The number of hydrogen-bond donors (Lipinski definition) is 1. The lowest BCUT2D eigenvalue weighted by atomic mass is 10.1. The number of carbonyl (C=O) groups is 1. The molecule has 0 bridgehead atoms. The molecule has 1 amide bonds. The molecule has 0 aliphatic rings. The third-order valence-electron chi connectivity index (χ3n) is 3.36. The molecule has 0 atom stereocenters. The van der Waals surface area contributed by atoms with Gasteiger partial charge in [-0.2, -0.15) is 13.2 Å². The second-order valence-electron chi connectivity index (χ2n) is 5.04. The van der Waals surface area contributed by atoms with Gasteiger partial charge in [-0.25, -0.2) is 4.98 Å². The van der Waals surface area contributed by atoms with Gasteiger partial charge in [0.05, 0.1) is 16.1 Å². The molecule has 0 unspecified atom stereocenters. The van der Waals surface area contributed by atoms with Gasteiger partial charge in [-0.15, -0.1) is 0 Å². The number of hydrogen-bond acceptors (Lipinski definition) is 2. The van der Waals surface area contributed by atoms with Crippen LogP contribution < -0.4 is 5.32 Å². The van der Waals surface area contributed by atoms with Crippen molar-refractivity contribution in [1.29, 1.82) is 0 Å². The molecule has 24 heavy (non-hydrogen) atoms. The van der Waals surface area contributed by atoms with Crippen LogP contribution in [-0.2, 0) is 6.18 Å². The Bertz CT molecular complexity index is 925. The average Bonchev–Trinajstić information content (AvgIpc) is 2.55. The van der Waals surface area contributed by atoms with Crippen LogP contribution in [0.1, 0.15) is 16.1 Å². The van der Waals surface area contributed by atoms with E-state index in [9.17, 15) is 18.0 Å². The molecule has 0 saturated heterocycles. The van der Waals surface area contributed by atoms with Gasteiger partial charge >= 0.3 is 6.18 Å². The maximum absolute atomic E-state index is 12.9. The molecule has 0 aliphatic carbocycles. The maximum atomic E-state index is 12.9. The number of halogens is 4. The van der Waals surface area contributed by atoms with Crippen LogP contribution in [0.5, 0.6) is 0 Å². The van der Waals surface area contributed by atoms with Crippen molar-refractivity contribution in [2.45, 2.75) is 6.18 Å². The summed E-state index contributed by atoms with van der Waals surface area (Å²) in [6, 6.07) is 13.6. The van der Waals surface area contributed by atoms with Gasteiger partial charge in [-0.3, -0.25) is 4.79 Å². The van der Waals surface area contributed by atoms with E-state index in [1.165, 1.54) is 12.1 Å². The molecule has 2 aromatic carbocycles. The fourth-order valence-corrected chi connectivity index (χ4v) is 2.43. The number of nitrogens with one attached hydrogen (secondary N) is 1. The van der Waals surface area contributed by atoms with Crippen LogP contribution in [0.3, 0.4) is 0 Å². The monoisotopic (exact) mass is 350 g/mol. The van der Waals surface area contributed by atoms with E-state index in [-0.39, 0.29) is 11.4 Å². The Labute approximate surface area is 140 Å². The minimum absolute atomic E-state index is 0.00770. The first kappa shape index (κ1) is 16.3. The zero-order chi connectivity index (χ0) is 17.3. The lowest BCUT2D eigenvalue weighted by molar-refractivity contribution is -0.137. The van der Waals surface area contributed by atoms with Crippen LogP contribution in [-0.4, -0.2) is 10.9 Å². The number of anilines is 1. The van der Waals surface area contributed by atoms with Gasteiger partial charge in [0.15, 0.2) is 0 Å². The summed E-state index contributed by atoms with van der Waals surface area (Å²) in [5, 5.41) is 2.84. The Balaban J connectivity index is 1.88. The summed E-state index contributed by atoms with van der Waals surface area (Å²) in [4.78, 5) is 16.4. The molecule has 0 saturated carbocycles. The lowest BCUT2D eigenvalue weighted by Gasteiger charge is -2.11. The summed E-state index contributed by atoms with van der Waals surface area (Å²) in [5.74, 6) is -0.601. The molecule has 1 aromatic heterocycles. The molecular weight excluding hydrogens is 341 g/mol. The van der Waals surface area contributed by atoms with Crippen LogP contribution in [0, 0.1) is 0 Å². The van der Waals surface area contributed by atoms with E-state index >= 15 is 0 Å². The molecule has 3 rings (SSSR count). The van der Waals surface area contributed by atoms with Crippen molar-refractivity contribution in [2.75, 3.05) is 5.32 Å². The van der Waals surface area contributed by atoms with Crippen molar-refractivity contribution in [3.63, 3.8) is 0 Å². The summed E-state index contributed by atoms with van der Waals surface area (Å²) < 4.78 is 38.6. The van der Waals surface area contributed by atoms with Gasteiger partial charge in [-0.1, -0.05) is 35.9 Å². The molecule has 0 radical (unpaired) electrons. The van der Waals surface area contributed by atoms with Crippen molar-refractivity contribution in [3.05, 3.63) is 70.9 Å². The molecule has 3 aromatic rings. The minimum Gasteiger partial charge on any atom is -0.321 e. The van der Waals surface area contributed by atoms with E-state index < -0.39 is 22.7 Å². The fraction of sp³-hybridized carbons (Fsp3) is 0.0588. The topological polar surface area (TPSA) is 42.0 Å². The molecule has 122 valence electrons. The highest BCUT2D eigenvalue weighted by Gasteiger charge is 2.33. The summed E-state index contributed by atoms with van der Waals surface area (Å²) in [6.07, 6.45) is -4.60. The number of aromatic nitrogens is 1. The van der Waals surface area contributed by atoms with Gasteiger partial charge in [0, 0.05) is 11.1 Å². The SMILES string of the molecule is O=C(Nc1ccc(Cl)c(C(F)(F)F)c1)c1ccc2ccccc2n1. The van der Waals surface area contributed by atoms with Crippen molar-refractivity contribution >= 4 is 34.1 Å². The molecule has 3 nitrogen and oxygen atoms in total. The Morgan fingerprint density at radius 3 is 2.54 bits per heavy atom. The normalized spacial score (nSPS) is 11.5. The van der Waals surface area contributed by atoms with E-state index in [1.807, 2.05) is 12.1 Å². The number of para-hydroxylation sites is 1. The summed E-state index contributed by atoms with van der Waals surface area (Å²) in [5.41, 5.74) is -0.283. The van der Waals surface area contributed by atoms with Gasteiger partial charge in [0.1, 0.15) is 5.69 Å². The molecule has 1 N–H and O–H groups in total. The Morgan fingerprint density at radius 2 is 1.79 bits per heavy atom. The van der Waals surface area contributed by atoms with Gasteiger partial charge < -0.3 is 5.32 Å². The van der Waals surface area contributed by atoms with E-state index in [0.717, 1.165) is 17.5 Å². The standard InChI is InChI=1S/C17H10ClF3N2O/c18-13-7-6-11(9-12(13)17(19,20)21)22-16(24)15-8-5-10-3-1-2-4-14(10)23-15/h1-9H,(H,22,24). The Kier molecular flexibility index (Phi) is 4.15. The molecule has 0 spiro atoms. The second-order valence-corrected chi connectivity index (χ2v) is 5.44. The van der Waals surface area contributed by atoms with Crippen molar-refractivity contribution in [3.8, 4) is 0 Å². The molecule has 1 heterocycles. The van der Waals surface area contributed by atoms with Crippen LogP contribution >= 0.6 is 11.6 Å². The van der Waals surface area contributed by atoms with E-state index in [0.29, 0.717) is 5.52 Å². The maximum Gasteiger partial charge on any atom is 0.417 e. The summed E-state index contributed by atoms with van der Waals surface area (Å²) in [7, 11) is 0. The summed E-state index contributed by atoms with van der Waals surface area (Å²) >= 11 is 5.55. The number of rotatable bonds is 2. The van der Waals surface area contributed by atoms with Gasteiger partial charge in [0.25, 0.3) is 5.91 Å². The first-order valence-electron chi connectivity index (χ1n) is 6.88. The number of pyridine rings is 1. The zero-order valence-electron chi connectivity index (χ0n) is 12.1. The fourth-order valence-electron chi connectivity index (χ4n) is 2.21. The van der Waals surface area contributed by atoms with E-state index in [2.05, 4.69) is 10.3 Å². The predicted octanol–water partition coefficient (Wildman–Crippen LogP) is 5.16. The first-order valence-corrected chi connectivity index (χ1v) is 7.26. The third-order valence-corrected chi connectivity index (χ3v) is 3.69. The number of amides is 1. The van der Waals surface area contributed by atoms with Crippen molar-refractivity contribution < 1.29 is 18.0 Å². The number of benzene rings is 2. The molecule has 7 heteroatoms. The average molecular weight is 351 g/mol. The van der Waals surface area contributed by atoms with Gasteiger partial charge in [0.2, 0.25) is 0 Å². The largest absolute Gasteiger partial charge is 0.417 e. The number of nitrogens with zero attached hydrogens (tertiary/aromatic N) is 1. The number of carbonyl (C=O) groups excluding carboxylic acids is 1. The molecular formula is C17H10ClF3N2O. The van der Waals surface area contributed by atoms with Crippen molar-refractivity contribution in [1.82, 2.24) is 4.98 Å². The summed E-state index contributed by atoms with van der Waals surface area (Å²) in [6.45, 7) is 0. The molecule has 0 aliphatic heterocycles. The van der Waals surface area contributed by atoms with Crippen LogP contribution in [0.15, 0.2) is 54.6 Å². The third kappa shape index (κ3) is 3.33.